The smallest absolute Gasteiger partial charge is 0.308 e. The van der Waals surface area contributed by atoms with Crippen molar-refractivity contribution in [1.29, 1.82) is 0 Å². The molecule has 1 spiro atoms. The molecule has 2 heterocycles. The summed E-state index contributed by atoms with van der Waals surface area (Å²) in [6.07, 6.45) is 3.79. The fraction of sp³-hybridized carbons (Fsp3) is 0.189. The Balaban J connectivity index is 1.53. The van der Waals surface area contributed by atoms with Gasteiger partial charge in [0.25, 0.3) is 0 Å². The van der Waals surface area contributed by atoms with Gasteiger partial charge in [-0.05, 0) is 54.1 Å². The molecule has 224 valence electrons. The molecular formula is C37H29NO7. The number of para-hydroxylation sites is 1. The summed E-state index contributed by atoms with van der Waals surface area (Å²) < 4.78 is 16.6. The Bertz CT molecular complexity index is 1890. The minimum absolute atomic E-state index is 0.300. The Kier molecular flexibility index (Phi) is 6.66. The summed E-state index contributed by atoms with van der Waals surface area (Å²) in [5.74, 6) is -1.21. The van der Waals surface area contributed by atoms with Gasteiger partial charge in [0, 0.05) is 40.8 Å². The molecule has 0 N–H and O–H groups in total. The number of carbonyl (C=O) groups excluding carboxylic acids is 4. The van der Waals surface area contributed by atoms with E-state index in [9.17, 15) is 19.2 Å². The van der Waals surface area contributed by atoms with Gasteiger partial charge in [0.1, 0.15) is 28.7 Å². The predicted octanol–water partition coefficient (Wildman–Crippen LogP) is 5.95. The zero-order valence-electron chi connectivity index (χ0n) is 24.9. The zero-order valence-corrected chi connectivity index (χ0v) is 24.9. The molecule has 8 heteroatoms. The molecule has 4 aromatic rings. The third-order valence-electron chi connectivity index (χ3n) is 9.15. The van der Waals surface area contributed by atoms with Gasteiger partial charge in [0.05, 0.1) is 20.3 Å². The molecule has 4 aromatic carbocycles. The highest BCUT2D eigenvalue weighted by molar-refractivity contribution is 6.32. The van der Waals surface area contributed by atoms with Gasteiger partial charge in [-0.25, -0.2) is 0 Å². The summed E-state index contributed by atoms with van der Waals surface area (Å²) >= 11 is 0. The third kappa shape index (κ3) is 4.05. The van der Waals surface area contributed by atoms with Crippen LogP contribution >= 0.6 is 0 Å². The number of hydrogen-bond donors (Lipinski definition) is 0. The second kappa shape index (κ2) is 10.6. The normalized spacial score (nSPS) is 20.4. The molecule has 0 radical (unpaired) electrons. The topological polar surface area (TPSA) is 99.2 Å². The number of nitrogens with zero attached hydrogens (tertiary/aromatic N) is 1. The first-order chi connectivity index (χ1) is 21.8. The summed E-state index contributed by atoms with van der Waals surface area (Å²) in [6, 6.07) is 24.2. The fourth-order valence-corrected chi connectivity index (χ4v) is 7.37. The lowest BCUT2D eigenvalue weighted by atomic mass is 9.64. The molecule has 1 aliphatic carbocycles. The summed E-state index contributed by atoms with van der Waals surface area (Å²) in [6.45, 7) is 1.30. The number of benzene rings is 4. The van der Waals surface area contributed by atoms with Crippen molar-refractivity contribution in [3.05, 3.63) is 125 Å². The minimum Gasteiger partial charge on any atom is -0.497 e. The van der Waals surface area contributed by atoms with Crippen LogP contribution in [-0.2, 0) is 4.79 Å². The first-order valence-electron chi connectivity index (χ1n) is 14.6. The molecule has 3 aliphatic rings. The van der Waals surface area contributed by atoms with E-state index < -0.39 is 29.4 Å². The van der Waals surface area contributed by atoms with Crippen LogP contribution in [0.2, 0.25) is 0 Å². The second-order valence-electron chi connectivity index (χ2n) is 11.4. The van der Waals surface area contributed by atoms with Crippen LogP contribution in [0.25, 0.3) is 6.08 Å². The van der Waals surface area contributed by atoms with E-state index in [1.54, 1.807) is 66.7 Å². The Morgan fingerprint density at radius 1 is 0.778 bits per heavy atom. The molecule has 0 aromatic heterocycles. The van der Waals surface area contributed by atoms with Gasteiger partial charge in [-0.2, -0.15) is 0 Å². The van der Waals surface area contributed by atoms with Gasteiger partial charge < -0.3 is 19.1 Å². The summed E-state index contributed by atoms with van der Waals surface area (Å²) in [5.41, 5.74) is 1.43. The maximum absolute atomic E-state index is 14.9. The number of methoxy groups -OCH3 is 2. The highest BCUT2D eigenvalue weighted by Gasteiger charge is 2.72. The van der Waals surface area contributed by atoms with Gasteiger partial charge >= 0.3 is 5.97 Å². The summed E-state index contributed by atoms with van der Waals surface area (Å²) in [4.78, 5) is 58.2. The maximum atomic E-state index is 14.9. The lowest BCUT2D eigenvalue weighted by molar-refractivity contribution is -0.131. The van der Waals surface area contributed by atoms with Crippen molar-refractivity contribution in [1.82, 2.24) is 0 Å². The van der Waals surface area contributed by atoms with Gasteiger partial charge in [-0.15, -0.1) is 0 Å². The number of carbonyl (C=O) groups is 4. The molecule has 0 amide bonds. The third-order valence-corrected chi connectivity index (χ3v) is 9.15. The monoisotopic (exact) mass is 599 g/mol. The molecular weight excluding hydrogens is 570 g/mol. The number of esters is 1. The molecule has 7 rings (SSSR count). The van der Waals surface area contributed by atoms with Crippen LogP contribution in [0.1, 0.15) is 55.0 Å². The Morgan fingerprint density at radius 3 is 2.07 bits per heavy atom. The van der Waals surface area contributed by atoms with E-state index in [1.807, 2.05) is 41.3 Å². The summed E-state index contributed by atoms with van der Waals surface area (Å²) in [5, 5.41) is 0. The zero-order chi connectivity index (χ0) is 31.5. The van der Waals surface area contributed by atoms with E-state index in [-0.39, 0.29) is 17.3 Å². The van der Waals surface area contributed by atoms with Gasteiger partial charge in [0.15, 0.2) is 17.3 Å². The molecule has 1 unspecified atom stereocenters. The number of rotatable bonds is 6. The number of ether oxygens (including phenoxy) is 3. The van der Waals surface area contributed by atoms with Crippen molar-refractivity contribution in [3.8, 4) is 17.2 Å². The van der Waals surface area contributed by atoms with E-state index in [1.165, 1.54) is 21.1 Å². The van der Waals surface area contributed by atoms with Crippen LogP contribution < -0.4 is 19.1 Å². The Hall–Kier alpha value is -5.50. The molecule has 0 saturated carbocycles. The molecule has 0 bridgehead atoms. The average molecular weight is 600 g/mol. The van der Waals surface area contributed by atoms with Crippen LogP contribution in [0.3, 0.4) is 0 Å². The lowest BCUT2D eigenvalue weighted by Crippen LogP contribution is -2.48. The first kappa shape index (κ1) is 28.3. The summed E-state index contributed by atoms with van der Waals surface area (Å²) in [7, 11) is 3.06. The van der Waals surface area contributed by atoms with Crippen LogP contribution in [0.4, 0.5) is 5.69 Å². The molecule has 45 heavy (non-hydrogen) atoms. The molecule has 1 saturated heterocycles. The molecule has 8 nitrogen and oxygen atoms in total. The molecule has 2 aliphatic heterocycles. The van der Waals surface area contributed by atoms with Crippen molar-refractivity contribution in [2.75, 3.05) is 19.1 Å². The maximum Gasteiger partial charge on any atom is 0.308 e. The quantitative estimate of drug-likeness (QED) is 0.116. The lowest BCUT2D eigenvalue weighted by Gasteiger charge is -2.37. The molecule has 1 fully saturated rings. The van der Waals surface area contributed by atoms with Gasteiger partial charge in [-0.3, -0.25) is 19.2 Å². The first-order valence-corrected chi connectivity index (χ1v) is 14.6. The van der Waals surface area contributed by atoms with Crippen LogP contribution in [0.5, 0.6) is 17.2 Å². The van der Waals surface area contributed by atoms with Crippen LogP contribution in [0, 0.1) is 5.41 Å². The Labute approximate surface area is 259 Å². The number of hydrogen-bond acceptors (Lipinski definition) is 8. The van der Waals surface area contributed by atoms with Gasteiger partial charge in [0.2, 0.25) is 0 Å². The van der Waals surface area contributed by atoms with Crippen molar-refractivity contribution in [2.45, 2.75) is 24.9 Å². The van der Waals surface area contributed by atoms with Crippen molar-refractivity contribution in [3.63, 3.8) is 0 Å². The van der Waals surface area contributed by atoms with Crippen molar-refractivity contribution < 1.29 is 33.4 Å². The minimum atomic E-state index is -1.69. The van der Waals surface area contributed by atoms with E-state index in [2.05, 4.69) is 0 Å². The number of ketones is 3. The number of Topliss-reactive ketones (excluding diaryl/α,β-unsaturated/α-hetero) is 3. The van der Waals surface area contributed by atoms with E-state index in [4.69, 9.17) is 14.2 Å². The van der Waals surface area contributed by atoms with Crippen LogP contribution in [-0.4, -0.2) is 49.6 Å². The SMILES string of the molecule is COc1ccc(OC)c([C@H]2[C@H](C(=O)c3ccc(OC(C)=O)cc3)N3c4ccccc4C=CC3C23C(=O)c2ccccc2C3=O)c1. The standard InChI is InChI=1S/C37H29NO7/c1-21(39)45-24-15-12-23(13-16-24)34(40)33-32(28-20-25(43-2)17-18-30(28)44-3)37(35(41)26-9-5-6-10-27(26)36(37)42)31-19-14-22-8-4-7-11-29(22)38(31)33/h4-20,31-33H,1-3H3/t31?,32-,33+/m0/s1. The van der Waals surface area contributed by atoms with E-state index in [0.717, 1.165) is 11.3 Å². The second-order valence-corrected chi connectivity index (χ2v) is 11.4. The Morgan fingerprint density at radius 2 is 1.42 bits per heavy atom. The van der Waals surface area contributed by atoms with Crippen LogP contribution in [0.15, 0.2) is 97.1 Å². The van der Waals surface area contributed by atoms with Gasteiger partial charge in [-0.1, -0.05) is 54.6 Å². The predicted molar refractivity (Wildman–Crippen MR) is 167 cm³/mol. The molecule has 3 atom stereocenters. The van der Waals surface area contributed by atoms with Crippen molar-refractivity contribution >= 4 is 35.1 Å². The van der Waals surface area contributed by atoms with Crippen molar-refractivity contribution in [2.24, 2.45) is 5.41 Å². The van der Waals surface area contributed by atoms with E-state index in [0.29, 0.717) is 39.5 Å². The highest BCUT2D eigenvalue weighted by Crippen LogP contribution is 2.62. The van der Waals surface area contributed by atoms with E-state index >= 15 is 0 Å². The highest BCUT2D eigenvalue weighted by atomic mass is 16.5. The largest absolute Gasteiger partial charge is 0.497 e. The number of fused-ring (bicyclic) bond motifs is 5. The number of anilines is 1. The average Bonchev–Trinajstić information content (AvgIpc) is 3.50. The fourth-order valence-electron chi connectivity index (χ4n) is 7.37.